The first-order valence-corrected chi connectivity index (χ1v) is 6.86. The van der Waals surface area contributed by atoms with E-state index in [1.807, 2.05) is 12.3 Å². The first-order valence-electron chi connectivity index (χ1n) is 5.26. The Morgan fingerprint density at radius 2 is 2.11 bits per heavy atom. The second kappa shape index (κ2) is 6.66. The normalized spacial score (nSPS) is 10.2. The Hall–Kier alpha value is -1.20. The molecule has 0 aliphatic heterocycles. The van der Waals surface area contributed by atoms with E-state index in [0.29, 0.717) is 10.6 Å². The van der Waals surface area contributed by atoms with Gasteiger partial charge in [-0.3, -0.25) is 9.59 Å². The molecule has 0 saturated heterocycles. The molecule has 1 aromatic carbocycles. The smallest absolute Gasteiger partial charge is 0.305 e. The summed E-state index contributed by atoms with van der Waals surface area (Å²) >= 11 is 7.50. The topological polar surface area (TPSA) is 57.6 Å². The summed E-state index contributed by atoms with van der Waals surface area (Å²) in [5.41, 5.74) is 0.399. The molecule has 0 bridgehead atoms. The molecule has 0 heterocycles. The van der Waals surface area contributed by atoms with Crippen LogP contribution in [0.3, 0.4) is 0 Å². The molecule has 0 aliphatic rings. The van der Waals surface area contributed by atoms with Gasteiger partial charge in [0.05, 0.1) is 17.0 Å². The molecule has 18 heavy (non-hydrogen) atoms. The van der Waals surface area contributed by atoms with Crippen LogP contribution in [0.25, 0.3) is 0 Å². The lowest BCUT2D eigenvalue weighted by molar-refractivity contribution is -0.137. The Labute approximate surface area is 115 Å². The van der Waals surface area contributed by atoms with Gasteiger partial charge in [-0.1, -0.05) is 11.6 Å². The number of aliphatic carboxylic acids is 1. The highest BCUT2D eigenvalue weighted by molar-refractivity contribution is 7.98. The van der Waals surface area contributed by atoms with Gasteiger partial charge < -0.3 is 10.0 Å². The Balaban J connectivity index is 2.85. The van der Waals surface area contributed by atoms with Crippen LogP contribution >= 0.6 is 23.4 Å². The number of nitrogens with zero attached hydrogens (tertiary/aromatic N) is 1. The predicted molar refractivity (Wildman–Crippen MR) is 72.4 cm³/mol. The SMILES string of the molecule is CSc1ccc(Cl)c(C(=O)N(C)CCC(=O)O)c1. The Morgan fingerprint density at radius 1 is 1.44 bits per heavy atom. The summed E-state index contributed by atoms with van der Waals surface area (Å²) in [6, 6.07) is 5.22. The quantitative estimate of drug-likeness (QED) is 0.846. The highest BCUT2D eigenvalue weighted by atomic mass is 35.5. The largest absolute Gasteiger partial charge is 0.481 e. The fourth-order valence-corrected chi connectivity index (χ4v) is 2.00. The van der Waals surface area contributed by atoms with E-state index in [1.54, 1.807) is 19.2 Å². The summed E-state index contributed by atoms with van der Waals surface area (Å²) in [7, 11) is 1.56. The van der Waals surface area contributed by atoms with E-state index in [4.69, 9.17) is 16.7 Å². The van der Waals surface area contributed by atoms with Gasteiger partial charge in [0.2, 0.25) is 0 Å². The van der Waals surface area contributed by atoms with Gasteiger partial charge in [-0.05, 0) is 24.5 Å². The van der Waals surface area contributed by atoms with E-state index in [2.05, 4.69) is 0 Å². The van der Waals surface area contributed by atoms with Crippen molar-refractivity contribution in [2.75, 3.05) is 19.8 Å². The standard InChI is InChI=1S/C12H14ClNO3S/c1-14(6-5-11(15)16)12(17)9-7-8(18-2)3-4-10(9)13/h3-4,7H,5-6H2,1-2H3,(H,15,16). The van der Waals surface area contributed by atoms with Gasteiger partial charge in [-0.25, -0.2) is 0 Å². The van der Waals surface area contributed by atoms with Gasteiger partial charge in [0.25, 0.3) is 5.91 Å². The van der Waals surface area contributed by atoms with Crippen LogP contribution in [0.4, 0.5) is 0 Å². The van der Waals surface area contributed by atoms with Crippen molar-refractivity contribution in [3.8, 4) is 0 Å². The number of carboxylic acid groups (broad SMARTS) is 1. The van der Waals surface area contributed by atoms with Crippen LogP contribution in [0.5, 0.6) is 0 Å². The molecule has 1 amide bonds. The third-order valence-corrected chi connectivity index (χ3v) is 3.47. The molecule has 1 aromatic rings. The van der Waals surface area contributed by atoms with Crippen LogP contribution in [0.2, 0.25) is 5.02 Å². The fourth-order valence-electron chi connectivity index (χ4n) is 1.37. The lowest BCUT2D eigenvalue weighted by atomic mass is 10.2. The third kappa shape index (κ3) is 3.92. The highest BCUT2D eigenvalue weighted by Crippen LogP contribution is 2.24. The molecule has 4 nitrogen and oxygen atoms in total. The van der Waals surface area contributed by atoms with Crippen LogP contribution in [-0.2, 0) is 4.79 Å². The first kappa shape index (κ1) is 14.9. The van der Waals surface area contributed by atoms with Crippen LogP contribution in [0.15, 0.2) is 23.1 Å². The van der Waals surface area contributed by atoms with Crippen molar-refractivity contribution in [2.45, 2.75) is 11.3 Å². The number of halogens is 1. The zero-order valence-corrected chi connectivity index (χ0v) is 11.7. The average Bonchev–Trinajstić information content (AvgIpc) is 2.35. The maximum absolute atomic E-state index is 12.1. The number of thioether (sulfide) groups is 1. The lowest BCUT2D eigenvalue weighted by Crippen LogP contribution is -2.29. The van der Waals surface area contributed by atoms with E-state index in [1.165, 1.54) is 16.7 Å². The van der Waals surface area contributed by atoms with Crippen LogP contribution < -0.4 is 0 Å². The summed E-state index contributed by atoms with van der Waals surface area (Å²) in [5, 5.41) is 8.96. The van der Waals surface area contributed by atoms with Gasteiger partial charge in [0.1, 0.15) is 0 Å². The number of carbonyl (C=O) groups excluding carboxylic acids is 1. The maximum atomic E-state index is 12.1. The van der Waals surface area contributed by atoms with Gasteiger partial charge in [0, 0.05) is 18.5 Å². The molecule has 98 valence electrons. The van der Waals surface area contributed by atoms with Crippen LogP contribution in [0, 0.1) is 0 Å². The van der Waals surface area contributed by atoms with Crippen molar-refractivity contribution in [3.63, 3.8) is 0 Å². The molecule has 1 N–H and O–H groups in total. The van der Waals surface area contributed by atoms with E-state index in [0.717, 1.165) is 4.90 Å². The highest BCUT2D eigenvalue weighted by Gasteiger charge is 2.16. The van der Waals surface area contributed by atoms with E-state index in [-0.39, 0.29) is 18.9 Å². The van der Waals surface area contributed by atoms with Gasteiger partial charge in [0.15, 0.2) is 0 Å². The van der Waals surface area contributed by atoms with E-state index < -0.39 is 5.97 Å². The van der Waals surface area contributed by atoms with Crippen molar-refractivity contribution in [2.24, 2.45) is 0 Å². The average molecular weight is 288 g/mol. The molecule has 0 saturated carbocycles. The minimum absolute atomic E-state index is 0.0813. The summed E-state index contributed by atoms with van der Waals surface area (Å²) in [4.78, 5) is 24.8. The van der Waals surface area contributed by atoms with Crippen molar-refractivity contribution in [3.05, 3.63) is 28.8 Å². The molecule has 0 aliphatic carbocycles. The summed E-state index contributed by atoms with van der Waals surface area (Å²) in [6.07, 6.45) is 1.83. The van der Waals surface area contributed by atoms with Crippen molar-refractivity contribution in [1.29, 1.82) is 0 Å². The fraction of sp³-hybridized carbons (Fsp3) is 0.333. The molecule has 0 atom stereocenters. The van der Waals surface area contributed by atoms with Gasteiger partial charge in [-0.2, -0.15) is 0 Å². The van der Waals surface area contributed by atoms with Gasteiger partial charge in [-0.15, -0.1) is 11.8 Å². The molecule has 6 heteroatoms. The number of benzene rings is 1. The second-order valence-corrected chi connectivity index (χ2v) is 5.00. The Morgan fingerprint density at radius 3 is 2.67 bits per heavy atom. The number of carbonyl (C=O) groups is 2. The minimum atomic E-state index is -0.932. The zero-order valence-electron chi connectivity index (χ0n) is 10.1. The number of rotatable bonds is 5. The van der Waals surface area contributed by atoms with Crippen molar-refractivity contribution < 1.29 is 14.7 Å². The van der Waals surface area contributed by atoms with Crippen molar-refractivity contribution in [1.82, 2.24) is 4.90 Å². The predicted octanol–water partition coefficient (Wildman–Crippen LogP) is 2.61. The monoisotopic (exact) mass is 287 g/mol. The van der Waals surface area contributed by atoms with E-state index in [9.17, 15) is 9.59 Å². The molecule has 1 rings (SSSR count). The maximum Gasteiger partial charge on any atom is 0.305 e. The second-order valence-electron chi connectivity index (χ2n) is 3.72. The Bertz CT molecular complexity index is 465. The third-order valence-electron chi connectivity index (χ3n) is 2.41. The summed E-state index contributed by atoms with van der Waals surface area (Å²) in [6.45, 7) is 0.161. The molecular weight excluding hydrogens is 274 g/mol. The molecular formula is C12H14ClNO3S. The lowest BCUT2D eigenvalue weighted by Gasteiger charge is -2.17. The van der Waals surface area contributed by atoms with Crippen LogP contribution in [-0.4, -0.2) is 41.7 Å². The molecule has 0 fully saturated rings. The number of hydrogen-bond acceptors (Lipinski definition) is 3. The summed E-state index contributed by atoms with van der Waals surface area (Å²) < 4.78 is 0. The number of amides is 1. The number of carboxylic acids is 1. The molecule has 0 aromatic heterocycles. The number of hydrogen-bond donors (Lipinski definition) is 1. The minimum Gasteiger partial charge on any atom is -0.481 e. The van der Waals surface area contributed by atoms with E-state index >= 15 is 0 Å². The Kier molecular flexibility index (Phi) is 5.50. The van der Waals surface area contributed by atoms with Gasteiger partial charge >= 0.3 is 5.97 Å². The van der Waals surface area contributed by atoms with Crippen LogP contribution in [0.1, 0.15) is 16.8 Å². The zero-order chi connectivity index (χ0) is 13.7. The molecule has 0 radical (unpaired) electrons. The van der Waals surface area contributed by atoms with Crippen molar-refractivity contribution >= 4 is 35.2 Å². The first-order chi connectivity index (χ1) is 8.45. The molecule has 0 spiro atoms. The molecule has 0 unspecified atom stereocenters. The summed E-state index contributed by atoms with van der Waals surface area (Å²) in [5.74, 6) is -1.20.